The summed E-state index contributed by atoms with van der Waals surface area (Å²) in [5, 5.41) is 0. The van der Waals surface area contributed by atoms with Gasteiger partial charge in [-0.1, -0.05) is 12.7 Å². The molecule has 1 unspecified atom stereocenters. The Hall–Kier alpha value is -4.36. The Bertz CT molecular complexity index is 1320. The molecule has 2 aromatic heterocycles. The maximum atomic E-state index is 12.8. The van der Waals surface area contributed by atoms with Crippen LogP contribution in [0.3, 0.4) is 0 Å². The quantitative estimate of drug-likeness (QED) is 0.400. The summed E-state index contributed by atoms with van der Waals surface area (Å²) < 4.78 is 44.8. The normalized spacial score (nSPS) is 19.0. The fourth-order valence-corrected chi connectivity index (χ4v) is 5.11. The molecule has 5 heterocycles. The number of halogens is 3. The second-order valence-corrected chi connectivity index (χ2v) is 10.2. The number of ether oxygens (including phenoxy) is 1. The van der Waals surface area contributed by atoms with Crippen molar-refractivity contribution in [2.45, 2.75) is 56.8 Å². The summed E-state index contributed by atoms with van der Waals surface area (Å²) in [5.41, 5.74) is 4.66. The number of aliphatic imine (C=N–C) groups is 1. The van der Waals surface area contributed by atoms with E-state index in [-0.39, 0.29) is 18.4 Å². The highest BCUT2D eigenvalue weighted by molar-refractivity contribution is 5.92. The summed E-state index contributed by atoms with van der Waals surface area (Å²) in [4.78, 5) is 45.6. The first kappa shape index (κ1) is 30.6. The lowest BCUT2D eigenvalue weighted by molar-refractivity contribution is -0.141. The fraction of sp³-hybridized carbons (Fsp3) is 0.464. The first-order chi connectivity index (χ1) is 20.1. The van der Waals surface area contributed by atoms with E-state index in [9.17, 15) is 18.0 Å². The van der Waals surface area contributed by atoms with Gasteiger partial charge in [-0.25, -0.2) is 15.0 Å². The number of carbonyl (C=O) groups is 2. The van der Waals surface area contributed by atoms with Crippen LogP contribution in [0.25, 0.3) is 0 Å². The van der Waals surface area contributed by atoms with E-state index >= 15 is 0 Å². The summed E-state index contributed by atoms with van der Waals surface area (Å²) in [6, 6.07) is -0.299. The fourth-order valence-electron chi connectivity index (χ4n) is 5.11. The average Bonchev–Trinajstić information content (AvgIpc) is 3.65. The van der Waals surface area contributed by atoms with Crippen molar-refractivity contribution in [3.05, 3.63) is 65.9 Å². The molecule has 1 spiro atoms. The second-order valence-electron chi connectivity index (χ2n) is 10.2. The summed E-state index contributed by atoms with van der Waals surface area (Å²) >= 11 is 0. The molecule has 42 heavy (non-hydrogen) atoms. The summed E-state index contributed by atoms with van der Waals surface area (Å²) in [5.74, 6) is 0.968. The lowest BCUT2D eigenvalue weighted by Crippen LogP contribution is -2.44. The molecule has 2 saturated heterocycles. The molecule has 0 saturated carbocycles. The third-order valence-corrected chi connectivity index (χ3v) is 7.46. The van der Waals surface area contributed by atoms with Crippen LogP contribution in [0.2, 0.25) is 0 Å². The number of allylic oxidation sites excluding steroid dienone is 2. The number of nitrogens with two attached hydrogens (primary N) is 1. The van der Waals surface area contributed by atoms with Crippen LogP contribution in [0.15, 0.2) is 53.8 Å². The van der Waals surface area contributed by atoms with E-state index in [2.05, 4.69) is 37.2 Å². The topological polar surface area (TPSA) is 140 Å². The number of rotatable bonds is 6. The number of anilines is 1. The Morgan fingerprint density at radius 1 is 1.10 bits per heavy atom. The van der Waals surface area contributed by atoms with Gasteiger partial charge in [0.2, 0.25) is 6.41 Å². The van der Waals surface area contributed by atoms with Crippen LogP contribution in [0.4, 0.5) is 19.0 Å². The Labute approximate surface area is 241 Å². The van der Waals surface area contributed by atoms with Crippen LogP contribution in [-0.2, 0) is 15.7 Å². The molecule has 2 aromatic rings. The van der Waals surface area contributed by atoms with Gasteiger partial charge in [0.15, 0.2) is 5.69 Å². The van der Waals surface area contributed by atoms with Gasteiger partial charge in [-0.2, -0.15) is 13.2 Å². The molecular formula is C28H33F3N8O3. The molecule has 3 aliphatic rings. The van der Waals surface area contributed by atoms with Gasteiger partial charge < -0.3 is 20.3 Å². The van der Waals surface area contributed by atoms with Gasteiger partial charge >= 0.3 is 6.18 Å². The molecule has 3 aliphatic heterocycles. The maximum absolute atomic E-state index is 12.8. The molecule has 5 rings (SSSR count). The van der Waals surface area contributed by atoms with Gasteiger partial charge in [0.25, 0.3) is 5.91 Å². The largest absolute Gasteiger partial charge is 0.485 e. The lowest BCUT2D eigenvalue weighted by atomic mass is 9.86. The van der Waals surface area contributed by atoms with E-state index < -0.39 is 17.5 Å². The van der Waals surface area contributed by atoms with Crippen molar-refractivity contribution in [2.24, 2.45) is 10.7 Å². The minimum absolute atomic E-state index is 0.0930. The van der Waals surface area contributed by atoms with E-state index in [1.165, 1.54) is 12.4 Å². The number of amides is 2. The highest BCUT2D eigenvalue weighted by atomic mass is 19.4. The number of nitrogens with zero attached hydrogens (tertiary/aromatic N) is 7. The van der Waals surface area contributed by atoms with Gasteiger partial charge in [0.1, 0.15) is 22.9 Å². The zero-order chi connectivity index (χ0) is 30.3. The number of hydrogen-bond acceptors (Lipinski definition) is 9. The molecule has 14 heteroatoms. The van der Waals surface area contributed by atoms with E-state index in [1.807, 2.05) is 11.8 Å². The Morgan fingerprint density at radius 3 is 2.33 bits per heavy atom. The molecule has 2 amide bonds. The van der Waals surface area contributed by atoms with Crippen LogP contribution in [-0.4, -0.2) is 75.1 Å². The molecule has 1 atom stereocenters. The number of alkyl halides is 3. The van der Waals surface area contributed by atoms with Crippen molar-refractivity contribution in [1.82, 2.24) is 24.8 Å². The third kappa shape index (κ3) is 7.09. The molecule has 11 nitrogen and oxygen atoms in total. The van der Waals surface area contributed by atoms with Gasteiger partial charge in [-0.15, -0.1) is 0 Å². The van der Waals surface area contributed by atoms with E-state index in [0.29, 0.717) is 55.3 Å². The number of piperidine rings is 1. The van der Waals surface area contributed by atoms with Crippen molar-refractivity contribution < 1.29 is 27.5 Å². The minimum Gasteiger partial charge on any atom is -0.485 e. The molecule has 224 valence electrons. The monoisotopic (exact) mass is 586 g/mol. The number of carbonyl (C=O) groups excluding carboxylic acids is 2. The molecule has 0 radical (unpaired) electrons. The standard InChI is InChI=1S/C27H30F3N7O2.CH3NO/c1-3-19-12-26(6-10-36(11-7-26)24-17-34-23(16-35-24)27(28,29)30)39-22(19)15-31-18(2)20-13-33-21(14-32-20)25(38)37-8-4-5-9-37;2-1-3/h3,13-18H,1,4-12H2,2H3;1H,(H2,2,3). The predicted molar refractivity (Wildman–Crippen MR) is 148 cm³/mol. The first-order valence-corrected chi connectivity index (χ1v) is 13.6. The van der Waals surface area contributed by atoms with E-state index in [0.717, 1.165) is 37.7 Å². The van der Waals surface area contributed by atoms with Crippen LogP contribution in [0.5, 0.6) is 0 Å². The van der Waals surface area contributed by atoms with Crippen molar-refractivity contribution in [3.63, 3.8) is 0 Å². The average molecular weight is 587 g/mol. The van der Waals surface area contributed by atoms with E-state index in [4.69, 9.17) is 9.53 Å². The van der Waals surface area contributed by atoms with Crippen molar-refractivity contribution in [3.8, 4) is 0 Å². The zero-order valence-electron chi connectivity index (χ0n) is 23.3. The maximum Gasteiger partial charge on any atom is 0.434 e. The van der Waals surface area contributed by atoms with Crippen molar-refractivity contribution in [2.75, 3.05) is 31.1 Å². The van der Waals surface area contributed by atoms with Crippen LogP contribution >= 0.6 is 0 Å². The van der Waals surface area contributed by atoms with Crippen LogP contribution < -0.4 is 10.6 Å². The number of aromatic nitrogens is 4. The number of likely N-dealkylation sites (tertiary alicyclic amines) is 1. The highest BCUT2D eigenvalue weighted by Gasteiger charge is 2.42. The third-order valence-electron chi connectivity index (χ3n) is 7.46. The molecular weight excluding hydrogens is 553 g/mol. The van der Waals surface area contributed by atoms with E-state index in [1.54, 1.807) is 23.4 Å². The molecule has 2 N–H and O–H groups in total. The van der Waals surface area contributed by atoms with Crippen LogP contribution in [0, 0.1) is 0 Å². The van der Waals surface area contributed by atoms with Crippen molar-refractivity contribution in [1.29, 1.82) is 0 Å². The Balaban J connectivity index is 0.00000129. The molecule has 0 aliphatic carbocycles. The highest BCUT2D eigenvalue weighted by Crippen LogP contribution is 2.42. The molecule has 0 aromatic carbocycles. The summed E-state index contributed by atoms with van der Waals surface area (Å²) in [6.07, 6.45) is 8.26. The zero-order valence-corrected chi connectivity index (χ0v) is 23.3. The van der Waals surface area contributed by atoms with Gasteiger partial charge in [-0.05, 0) is 25.3 Å². The predicted octanol–water partition coefficient (Wildman–Crippen LogP) is 3.65. The SMILES string of the molecule is C=CC1=C(C=NC(C)c2cnc(C(=O)N3CCCC3)cn2)OC2(CCN(c3cnc(C(F)(F)F)cn3)CC2)C1.NC=O. The number of hydrogen-bond donors (Lipinski definition) is 1. The first-order valence-electron chi connectivity index (χ1n) is 13.6. The molecule has 2 fully saturated rings. The van der Waals surface area contributed by atoms with Crippen molar-refractivity contribution >= 4 is 24.3 Å². The van der Waals surface area contributed by atoms with Gasteiger partial charge in [0.05, 0.1) is 42.7 Å². The second kappa shape index (κ2) is 13.1. The molecule has 0 bridgehead atoms. The summed E-state index contributed by atoms with van der Waals surface area (Å²) in [6.45, 7) is 8.48. The smallest absolute Gasteiger partial charge is 0.434 e. The summed E-state index contributed by atoms with van der Waals surface area (Å²) in [7, 11) is 0. The van der Waals surface area contributed by atoms with Gasteiger partial charge in [-0.3, -0.25) is 19.6 Å². The van der Waals surface area contributed by atoms with Gasteiger partial charge in [0, 0.05) is 45.4 Å². The Kier molecular flexibility index (Phi) is 9.53. The minimum atomic E-state index is -4.51. The lowest BCUT2D eigenvalue weighted by Gasteiger charge is -2.39. The van der Waals surface area contributed by atoms with Crippen LogP contribution in [0.1, 0.15) is 66.9 Å². The Morgan fingerprint density at radius 2 is 1.79 bits per heavy atom. The number of primary amides is 1.